The lowest BCUT2D eigenvalue weighted by atomic mass is 10.8. The van der Waals surface area contributed by atoms with Gasteiger partial charge in [0.15, 0.2) is 0 Å². The van der Waals surface area contributed by atoms with Gasteiger partial charge in [-0.3, -0.25) is 0 Å². The van der Waals surface area contributed by atoms with Gasteiger partial charge in [-0.05, 0) is 13.8 Å². The normalized spacial score (nSPS) is 11.9. The van der Waals surface area contributed by atoms with Crippen LogP contribution >= 0.6 is 15.6 Å². The fraction of sp³-hybridized carbons (Fsp3) is 1.00. The maximum atomic E-state index is 9.63. The van der Waals surface area contributed by atoms with E-state index in [4.69, 9.17) is 24.3 Å². The minimum Gasteiger partial charge on any atom is -0.382 e. The number of hydrogen-bond donors (Lipinski definition) is 4. The highest BCUT2D eigenvalue weighted by Gasteiger charge is 2.27. The van der Waals surface area contributed by atoms with Gasteiger partial charge in [0.2, 0.25) is 0 Å². The van der Waals surface area contributed by atoms with E-state index in [0.717, 1.165) is 13.2 Å². The second kappa shape index (κ2) is 7.50. The van der Waals surface area contributed by atoms with E-state index in [9.17, 15) is 9.13 Å². The molecule has 0 bridgehead atoms. The Hall–Kier alpha value is 0.220. The second-order valence-electron chi connectivity index (χ2n) is 1.84. The number of phosphoric acid groups is 2. The highest BCUT2D eigenvalue weighted by molar-refractivity contribution is 7.60. The molecule has 0 aliphatic rings. The molecular formula is C4H14O8P2. The molecule has 10 heteroatoms. The van der Waals surface area contributed by atoms with Crippen LogP contribution < -0.4 is 0 Å². The fourth-order valence-corrected chi connectivity index (χ4v) is 1.45. The predicted octanol–water partition coefficient (Wildman–Crippen LogP) is 0.231. The molecule has 0 spiro atoms. The Morgan fingerprint density at radius 1 is 0.929 bits per heavy atom. The molecule has 0 aromatic rings. The first kappa shape index (κ1) is 16.6. The van der Waals surface area contributed by atoms with Crippen molar-refractivity contribution < 1.29 is 37.8 Å². The van der Waals surface area contributed by atoms with Crippen LogP contribution in [0.4, 0.5) is 0 Å². The molecule has 0 saturated heterocycles. The average molecular weight is 252 g/mol. The molecule has 0 amide bonds. The van der Waals surface area contributed by atoms with Crippen molar-refractivity contribution in [2.24, 2.45) is 0 Å². The third-order valence-corrected chi connectivity index (χ3v) is 2.32. The van der Waals surface area contributed by atoms with E-state index in [-0.39, 0.29) is 0 Å². The van der Waals surface area contributed by atoms with E-state index in [2.05, 4.69) is 4.31 Å². The topological polar surface area (TPSA) is 134 Å². The quantitative estimate of drug-likeness (QED) is 0.522. The van der Waals surface area contributed by atoms with Crippen molar-refractivity contribution in [2.75, 3.05) is 13.2 Å². The Morgan fingerprint density at radius 2 is 1.21 bits per heavy atom. The molecule has 0 aromatic heterocycles. The predicted molar refractivity (Wildman–Crippen MR) is 47.3 cm³/mol. The van der Waals surface area contributed by atoms with Crippen LogP contribution in [0.3, 0.4) is 0 Å². The summed E-state index contributed by atoms with van der Waals surface area (Å²) in [6.45, 7) is 5.67. The summed E-state index contributed by atoms with van der Waals surface area (Å²) in [6.07, 6.45) is 0. The molecule has 0 aromatic carbocycles. The Kier molecular flexibility index (Phi) is 8.92. The Morgan fingerprint density at radius 3 is 1.21 bits per heavy atom. The summed E-state index contributed by atoms with van der Waals surface area (Å²) in [4.78, 5) is 31.0. The number of hydrogen-bond acceptors (Lipinski definition) is 4. The van der Waals surface area contributed by atoms with E-state index >= 15 is 0 Å². The summed E-state index contributed by atoms with van der Waals surface area (Å²) >= 11 is 0. The zero-order chi connectivity index (χ0) is 11.8. The highest BCUT2D eigenvalue weighted by Crippen LogP contribution is 2.53. The first-order valence-electron chi connectivity index (χ1n) is 3.52. The molecule has 8 nitrogen and oxygen atoms in total. The molecule has 0 aliphatic heterocycles. The van der Waals surface area contributed by atoms with Gasteiger partial charge >= 0.3 is 15.6 Å². The van der Waals surface area contributed by atoms with Crippen molar-refractivity contribution in [3.05, 3.63) is 0 Å². The van der Waals surface area contributed by atoms with Gasteiger partial charge in [0.25, 0.3) is 0 Å². The van der Waals surface area contributed by atoms with Gasteiger partial charge in [-0.15, -0.1) is 0 Å². The van der Waals surface area contributed by atoms with Crippen LogP contribution in [0.15, 0.2) is 0 Å². The van der Waals surface area contributed by atoms with E-state index in [0.29, 0.717) is 0 Å². The van der Waals surface area contributed by atoms with Gasteiger partial charge in [-0.1, -0.05) is 0 Å². The molecule has 0 saturated carbocycles. The minimum absolute atomic E-state index is 0.844. The molecule has 0 aliphatic carbocycles. The molecule has 0 atom stereocenters. The second-order valence-corrected chi connectivity index (χ2v) is 4.46. The van der Waals surface area contributed by atoms with Crippen molar-refractivity contribution in [3.8, 4) is 0 Å². The number of rotatable bonds is 4. The van der Waals surface area contributed by atoms with Crippen molar-refractivity contribution in [2.45, 2.75) is 13.8 Å². The van der Waals surface area contributed by atoms with E-state index in [1.807, 2.05) is 13.8 Å². The molecule has 0 unspecified atom stereocenters. The van der Waals surface area contributed by atoms with Crippen LogP contribution in [0.25, 0.3) is 0 Å². The number of ether oxygens (including phenoxy) is 1. The van der Waals surface area contributed by atoms with Crippen LogP contribution in [0.1, 0.15) is 13.8 Å². The van der Waals surface area contributed by atoms with Gasteiger partial charge in [0.1, 0.15) is 0 Å². The molecular weight excluding hydrogens is 238 g/mol. The van der Waals surface area contributed by atoms with Crippen LogP contribution in [0, 0.1) is 0 Å². The van der Waals surface area contributed by atoms with E-state index in [1.54, 1.807) is 0 Å². The zero-order valence-electron chi connectivity index (χ0n) is 7.73. The summed E-state index contributed by atoms with van der Waals surface area (Å²) in [5.41, 5.74) is 0. The summed E-state index contributed by atoms with van der Waals surface area (Å²) in [7, 11) is -10.1. The Bertz CT molecular complexity index is 193. The largest absolute Gasteiger partial charge is 0.478 e. The van der Waals surface area contributed by atoms with Crippen molar-refractivity contribution >= 4 is 15.6 Å². The fourth-order valence-electron chi connectivity index (χ4n) is 0.343. The average Bonchev–Trinajstić information content (AvgIpc) is 1.81. The third-order valence-electron chi connectivity index (χ3n) is 0.621. The SMILES string of the molecule is CCOCC.O=P(O)(O)OP(=O)(O)O. The van der Waals surface area contributed by atoms with Gasteiger partial charge in [0, 0.05) is 13.2 Å². The summed E-state index contributed by atoms with van der Waals surface area (Å²) in [5.74, 6) is 0. The van der Waals surface area contributed by atoms with Gasteiger partial charge in [-0.2, -0.15) is 4.31 Å². The lowest BCUT2D eigenvalue weighted by molar-refractivity contribution is 0.162. The summed E-state index contributed by atoms with van der Waals surface area (Å²) in [5, 5.41) is 0. The molecule has 0 fully saturated rings. The molecule has 0 radical (unpaired) electrons. The van der Waals surface area contributed by atoms with Gasteiger partial charge in [-0.25, -0.2) is 9.13 Å². The summed E-state index contributed by atoms with van der Waals surface area (Å²) < 4.78 is 27.0. The van der Waals surface area contributed by atoms with Crippen LogP contribution in [0.5, 0.6) is 0 Å². The van der Waals surface area contributed by atoms with Gasteiger partial charge < -0.3 is 24.3 Å². The zero-order valence-corrected chi connectivity index (χ0v) is 9.52. The Labute approximate surface area is 81.3 Å². The van der Waals surface area contributed by atoms with Crippen molar-refractivity contribution in [1.29, 1.82) is 0 Å². The smallest absolute Gasteiger partial charge is 0.382 e. The van der Waals surface area contributed by atoms with Crippen molar-refractivity contribution in [1.82, 2.24) is 0 Å². The molecule has 0 rings (SSSR count). The molecule has 4 N–H and O–H groups in total. The third kappa shape index (κ3) is 22.8. The van der Waals surface area contributed by atoms with E-state index in [1.165, 1.54) is 0 Å². The standard InChI is InChI=1S/C4H10O.H4O7P2/c1-3-5-4-2;1-8(2,3)7-9(4,5)6/h3-4H2,1-2H3;(H2,1,2,3)(H2,4,5,6). The molecule has 0 heterocycles. The van der Waals surface area contributed by atoms with Crippen LogP contribution in [0.2, 0.25) is 0 Å². The van der Waals surface area contributed by atoms with Crippen molar-refractivity contribution in [3.63, 3.8) is 0 Å². The lowest BCUT2D eigenvalue weighted by Gasteiger charge is -2.03. The maximum Gasteiger partial charge on any atom is 0.478 e. The maximum absolute atomic E-state index is 9.63. The lowest BCUT2D eigenvalue weighted by Crippen LogP contribution is -1.84. The Balaban J connectivity index is 0. The summed E-state index contributed by atoms with van der Waals surface area (Å²) in [6, 6.07) is 0. The molecule has 14 heavy (non-hydrogen) atoms. The highest BCUT2D eigenvalue weighted by atomic mass is 31.3. The van der Waals surface area contributed by atoms with Gasteiger partial charge in [0.05, 0.1) is 0 Å². The first-order chi connectivity index (χ1) is 6.12. The monoisotopic (exact) mass is 252 g/mol. The minimum atomic E-state index is -5.05. The van der Waals surface area contributed by atoms with Crippen LogP contribution in [-0.4, -0.2) is 32.8 Å². The first-order valence-corrected chi connectivity index (χ1v) is 6.58. The van der Waals surface area contributed by atoms with Crippen LogP contribution in [-0.2, 0) is 18.2 Å². The van der Waals surface area contributed by atoms with E-state index < -0.39 is 15.6 Å². The molecule has 88 valence electrons.